The van der Waals surface area contributed by atoms with Crippen LogP contribution in [0.1, 0.15) is 0 Å². The normalized spacial score (nSPS) is 10.3. The second-order valence-electron chi connectivity index (χ2n) is 3.91. The molecule has 0 spiro atoms. The van der Waals surface area contributed by atoms with Crippen molar-refractivity contribution in [1.82, 2.24) is 9.97 Å². The Morgan fingerprint density at radius 1 is 1.25 bits per heavy atom. The lowest BCUT2D eigenvalue weighted by atomic mass is 10.3. The zero-order chi connectivity index (χ0) is 14.4. The number of nitrogens with zero attached hydrogens (tertiary/aromatic N) is 2. The standard InChI is InChI=1S/C13H14Cl2N4O/c1-20-8-7-17-13-16-6-5-11(19-13)18-10-4-2-3-9(14)12(10)15/h2-6H,7-8H2,1H3,(H2,16,17,18,19). The molecule has 1 aromatic carbocycles. The van der Waals surface area contributed by atoms with E-state index in [2.05, 4.69) is 20.6 Å². The highest BCUT2D eigenvalue weighted by Gasteiger charge is 2.05. The van der Waals surface area contributed by atoms with E-state index in [1.165, 1.54) is 0 Å². The first-order valence-corrected chi connectivity index (χ1v) is 6.73. The minimum Gasteiger partial charge on any atom is -0.383 e. The molecular weight excluding hydrogens is 299 g/mol. The average Bonchev–Trinajstić information content (AvgIpc) is 2.45. The second kappa shape index (κ2) is 7.28. The summed E-state index contributed by atoms with van der Waals surface area (Å²) >= 11 is 12.1. The fraction of sp³-hybridized carbons (Fsp3) is 0.231. The number of halogens is 2. The molecular formula is C13H14Cl2N4O. The summed E-state index contributed by atoms with van der Waals surface area (Å²) in [6.45, 7) is 1.22. The zero-order valence-electron chi connectivity index (χ0n) is 10.9. The molecule has 0 unspecified atom stereocenters. The van der Waals surface area contributed by atoms with Crippen LogP contribution in [0.5, 0.6) is 0 Å². The van der Waals surface area contributed by atoms with Crippen LogP contribution in [0.2, 0.25) is 10.0 Å². The Kier molecular flexibility index (Phi) is 5.40. The van der Waals surface area contributed by atoms with E-state index in [4.69, 9.17) is 27.9 Å². The molecule has 0 bridgehead atoms. The molecule has 106 valence electrons. The van der Waals surface area contributed by atoms with Gasteiger partial charge in [0.05, 0.1) is 22.3 Å². The van der Waals surface area contributed by atoms with Crippen molar-refractivity contribution in [3.05, 3.63) is 40.5 Å². The molecule has 0 aliphatic heterocycles. The lowest BCUT2D eigenvalue weighted by Gasteiger charge is -2.10. The van der Waals surface area contributed by atoms with Gasteiger partial charge in [-0.05, 0) is 18.2 Å². The number of hydrogen-bond donors (Lipinski definition) is 2. The molecule has 2 N–H and O–H groups in total. The van der Waals surface area contributed by atoms with E-state index in [1.807, 2.05) is 12.1 Å². The molecule has 2 rings (SSSR count). The van der Waals surface area contributed by atoms with Crippen molar-refractivity contribution in [3.8, 4) is 0 Å². The topological polar surface area (TPSA) is 59.1 Å². The lowest BCUT2D eigenvalue weighted by molar-refractivity contribution is 0.210. The van der Waals surface area contributed by atoms with Crippen molar-refractivity contribution in [2.45, 2.75) is 0 Å². The third kappa shape index (κ3) is 3.96. The van der Waals surface area contributed by atoms with Crippen LogP contribution in [0.15, 0.2) is 30.5 Å². The number of aromatic nitrogens is 2. The molecule has 0 amide bonds. The molecule has 1 heterocycles. The Hall–Kier alpha value is -1.56. The van der Waals surface area contributed by atoms with E-state index in [0.29, 0.717) is 40.7 Å². The SMILES string of the molecule is COCCNc1nccc(Nc2cccc(Cl)c2Cl)n1. The largest absolute Gasteiger partial charge is 0.383 e. The summed E-state index contributed by atoms with van der Waals surface area (Å²) in [5.74, 6) is 1.15. The van der Waals surface area contributed by atoms with Crippen LogP contribution in [-0.4, -0.2) is 30.2 Å². The maximum Gasteiger partial charge on any atom is 0.224 e. The molecule has 0 atom stereocenters. The Balaban J connectivity index is 2.09. The molecule has 0 aliphatic carbocycles. The van der Waals surface area contributed by atoms with E-state index < -0.39 is 0 Å². The van der Waals surface area contributed by atoms with Crippen LogP contribution in [-0.2, 0) is 4.74 Å². The van der Waals surface area contributed by atoms with Gasteiger partial charge in [-0.3, -0.25) is 0 Å². The second-order valence-corrected chi connectivity index (χ2v) is 4.70. The van der Waals surface area contributed by atoms with Crippen LogP contribution in [0, 0.1) is 0 Å². The Bertz CT molecular complexity index is 580. The van der Waals surface area contributed by atoms with Crippen molar-refractivity contribution < 1.29 is 4.74 Å². The van der Waals surface area contributed by atoms with Crippen molar-refractivity contribution in [1.29, 1.82) is 0 Å². The number of methoxy groups -OCH3 is 1. The van der Waals surface area contributed by atoms with Crippen molar-refractivity contribution in [2.24, 2.45) is 0 Å². The van der Waals surface area contributed by atoms with Gasteiger partial charge in [0.2, 0.25) is 5.95 Å². The molecule has 0 radical (unpaired) electrons. The molecule has 20 heavy (non-hydrogen) atoms. The van der Waals surface area contributed by atoms with Gasteiger partial charge in [-0.2, -0.15) is 4.98 Å². The van der Waals surface area contributed by atoms with Gasteiger partial charge in [-0.1, -0.05) is 29.3 Å². The Morgan fingerprint density at radius 2 is 2.10 bits per heavy atom. The number of nitrogens with one attached hydrogen (secondary N) is 2. The summed E-state index contributed by atoms with van der Waals surface area (Å²) in [6, 6.07) is 7.12. The summed E-state index contributed by atoms with van der Waals surface area (Å²) in [6.07, 6.45) is 1.66. The molecule has 0 aliphatic rings. The fourth-order valence-electron chi connectivity index (χ4n) is 1.52. The van der Waals surface area contributed by atoms with E-state index in [0.717, 1.165) is 0 Å². The van der Waals surface area contributed by atoms with Gasteiger partial charge < -0.3 is 15.4 Å². The van der Waals surface area contributed by atoms with Gasteiger partial charge >= 0.3 is 0 Å². The molecule has 0 saturated carbocycles. The summed E-state index contributed by atoms with van der Waals surface area (Å²) in [5.41, 5.74) is 0.695. The Labute approximate surface area is 127 Å². The monoisotopic (exact) mass is 312 g/mol. The average molecular weight is 313 g/mol. The molecule has 0 saturated heterocycles. The molecule has 7 heteroatoms. The van der Waals surface area contributed by atoms with Crippen LogP contribution < -0.4 is 10.6 Å². The summed E-state index contributed by atoms with van der Waals surface area (Å²) in [5, 5.41) is 7.11. The van der Waals surface area contributed by atoms with Crippen LogP contribution >= 0.6 is 23.2 Å². The first kappa shape index (κ1) is 14.8. The zero-order valence-corrected chi connectivity index (χ0v) is 12.4. The van der Waals surface area contributed by atoms with Gasteiger partial charge in [0, 0.05) is 19.9 Å². The van der Waals surface area contributed by atoms with Crippen molar-refractivity contribution >= 4 is 40.7 Å². The van der Waals surface area contributed by atoms with Gasteiger partial charge in [0.15, 0.2) is 0 Å². The van der Waals surface area contributed by atoms with E-state index in [1.54, 1.807) is 25.4 Å². The molecule has 2 aromatic rings. The molecule has 5 nitrogen and oxygen atoms in total. The third-order valence-electron chi connectivity index (χ3n) is 2.46. The van der Waals surface area contributed by atoms with E-state index in [-0.39, 0.29) is 0 Å². The fourth-order valence-corrected chi connectivity index (χ4v) is 1.86. The van der Waals surface area contributed by atoms with Crippen molar-refractivity contribution in [2.75, 3.05) is 30.9 Å². The highest BCUT2D eigenvalue weighted by Crippen LogP contribution is 2.31. The predicted octanol–water partition coefficient (Wildman–Crippen LogP) is 3.59. The first-order chi connectivity index (χ1) is 9.70. The quantitative estimate of drug-likeness (QED) is 0.798. The number of rotatable bonds is 6. The highest BCUT2D eigenvalue weighted by molar-refractivity contribution is 6.43. The summed E-state index contributed by atoms with van der Waals surface area (Å²) < 4.78 is 4.95. The van der Waals surface area contributed by atoms with Crippen LogP contribution in [0.3, 0.4) is 0 Å². The van der Waals surface area contributed by atoms with E-state index in [9.17, 15) is 0 Å². The van der Waals surface area contributed by atoms with Gasteiger partial charge in [-0.25, -0.2) is 4.98 Å². The highest BCUT2D eigenvalue weighted by atomic mass is 35.5. The minimum absolute atomic E-state index is 0.460. The number of ether oxygens (including phenoxy) is 1. The maximum atomic E-state index is 6.12. The third-order valence-corrected chi connectivity index (χ3v) is 3.28. The van der Waals surface area contributed by atoms with Gasteiger partial charge in [0.25, 0.3) is 0 Å². The molecule has 1 aromatic heterocycles. The van der Waals surface area contributed by atoms with Crippen molar-refractivity contribution in [3.63, 3.8) is 0 Å². The predicted molar refractivity (Wildman–Crippen MR) is 82.1 cm³/mol. The summed E-state index contributed by atoms with van der Waals surface area (Å²) in [4.78, 5) is 8.44. The van der Waals surface area contributed by atoms with Crippen LogP contribution in [0.4, 0.5) is 17.5 Å². The minimum atomic E-state index is 0.460. The summed E-state index contributed by atoms with van der Waals surface area (Å²) in [7, 11) is 1.64. The van der Waals surface area contributed by atoms with Gasteiger partial charge in [-0.15, -0.1) is 0 Å². The smallest absolute Gasteiger partial charge is 0.224 e. The van der Waals surface area contributed by atoms with Gasteiger partial charge in [0.1, 0.15) is 5.82 Å². The Morgan fingerprint density at radius 3 is 2.90 bits per heavy atom. The number of hydrogen-bond acceptors (Lipinski definition) is 5. The number of anilines is 3. The lowest BCUT2D eigenvalue weighted by Crippen LogP contribution is -2.10. The van der Waals surface area contributed by atoms with E-state index >= 15 is 0 Å². The van der Waals surface area contributed by atoms with Crippen LogP contribution in [0.25, 0.3) is 0 Å². The maximum absolute atomic E-state index is 6.12. The first-order valence-electron chi connectivity index (χ1n) is 5.97. The molecule has 0 fully saturated rings. The number of benzene rings is 1.